The maximum absolute atomic E-state index is 12.9. The van der Waals surface area contributed by atoms with E-state index in [1.165, 1.54) is 0 Å². The Hall–Kier alpha value is -3.25. The summed E-state index contributed by atoms with van der Waals surface area (Å²) in [5.41, 5.74) is 2.34. The molecule has 31 heavy (non-hydrogen) atoms. The van der Waals surface area contributed by atoms with Crippen molar-refractivity contribution >= 4 is 27.3 Å². The van der Waals surface area contributed by atoms with Crippen LogP contribution in [0.1, 0.15) is 36.4 Å². The number of fused-ring (bicyclic) bond motifs is 1. The van der Waals surface area contributed by atoms with Crippen molar-refractivity contribution < 1.29 is 13.2 Å². The van der Waals surface area contributed by atoms with Crippen LogP contribution < -0.4 is 4.90 Å². The number of sulfonamides is 1. The van der Waals surface area contributed by atoms with Crippen LogP contribution >= 0.6 is 0 Å². The maximum Gasteiger partial charge on any atom is 0.285 e. The number of hydrogen-bond donors (Lipinski definition) is 0. The van der Waals surface area contributed by atoms with Crippen molar-refractivity contribution in [2.45, 2.75) is 30.2 Å². The fourth-order valence-corrected chi connectivity index (χ4v) is 5.85. The van der Waals surface area contributed by atoms with Gasteiger partial charge < -0.3 is 4.90 Å². The van der Waals surface area contributed by atoms with Gasteiger partial charge in [-0.15, -0.1) is 4.40 Å². The summed E-state index contributed by atoms with van der Waals surface area (Å²) in [7, 11) is -3.80. The Bertz CT molecular complexity index is 1250. The summed E-state index contributed by atoms with van der Waals surface area (Å²) in [4.78, 5) is 15.1. The number of ketones is 1. The highest BCUT2D eigenvalue weighted by atomic mass is 32.2. The zero-order valence-electron chi connectivity index (χ0n) is 16.9. The van der Waals surface area contributed by atoms with Crippen LogP contribution in [0.3, 0.4) is 0 Å². The molecule has 0 unspecified atom stereocenters. The molecule has 0 spiro atoms. The Balaban J connectivity index is 1.76. The molecule has 0 aromatic heterocycles. The molecule has 156 valence electrons. The fraction of sp³-hybridized carbons (Fsp3) is 0.200. The van der Waals surface area contributed by atoms with Crippen molar-refractivity contribution in [1.29, 1.82) is 0 Å². The van der Waals surface area contributed by atoms with Crippen molar-refractivity contribution in [2.75, 3.05) is 4.90 Å². The van der Waals surface area contributed by atoms with Crippen molar-refractivity contribution in [2.24, 2.45) is 10.3 Å². The molecule has 3 aromatic carbocycles. The summed E-state index contributed by atoms with van der Waals surface area (Å²) in [6.07, 6.45) is 2.16. The number of carbonyl (C=O) groups is 1. The monoisotopic (exact) mass is 430 g/mol. The second-order valence-corrected chi connectivity index (χ2v) is 9.48. The highest BCUT2D eigenvalue weighted by Crippen LogP contribution is 2.42. The second kappa shape index (κ2) is 7.78. The van der Waals surface area contributed by atoms with Gasteiger partial charge in [0.05, 0.1) is 6.04 Å². The molecule has 0 N–H and O–H groups in total. The molecule has 5 rings (SSSR count). The minimum Gasteiger partial charge on any atom is -0.317 e. The molecule has 3 aromatic rings. The van der Waals surface area contributed by atoms with E-state index in [4.69, 9.17) is 0 Å². The number of Topliss-reactive ketones (excluding diaryl/α,β-unsaturated/α-hetero) is 1. The molecule has 0 saturated heterocycles. The minimum absolute atomic E-state index is 0.204. The van der Waals surface area contributed by atoms with Crippen LogP contribution in [-0.2, 0) is 14.8 Å². The zero-order valence-corrected chi connectivity index (χ0v) is 17.7. The van der Waals surface area contributed by atoms with E-state index in [2.05, 4.69) is 4.40 Å². The summed E-state index contributed by atoms with van der Waals surface area (Å²) in [6, 6.07) is 26.0. The van der Waals surface area contributed by atoms with Gasteiger partial charge in [-0.05, 0) is 42.7 Å². The molecular weight excluding hydrogens is 408 g/mol. The summed E-state index contributed by atoms with van der Waals surface area (Å²) in [6.45, 7) is 0. The van der Waals surface area contributed by atoms with Crippen LogP contribution in [0.5, 0.6) is 0 Å². The maximum atomic E-state index is 12.9. The van der Waals surface area contributed by atoms with Gasteiger partial charge in [0.2, 0.25) is 0 Å². The molecule has 1 aliphatic carbocycles. The van der Waals surface area contributed by atoms with Gasteiger partial charge >= 0.3 is 0 Å². The molecule has 0 amide bonds. The van der Waals surface area contributed by atoms with Crippen molar-refractivity contribution in [3.63, 3.8) is 0 Å². The number of nitrogens with zero attached hydrogens (tertiary/aromatic N) is 2. The number of rotatable bonds is 4. The van der Waals surface area contributed by atoms with Gasteiger partial charge in [0.15, 0.2) is 5.84 Å². The topological polar surface area (TPSA) is 66.8 Å². The predicted octanol–water partition coefficient (Wildman–Crippen LogP) is 4.75. The van der Waals surface area contributed by atoms with Gasteiger partial charge in [-0.25, -0.2) is 0 Å². The minimum atomic E-state index is -3.80. The Morgan fingerprint density at radius 2 is 1.52 bits per heavy atom. The molecule has 5 nitrogen and oxygen atoms in total. The number of anilines is 1. The summed E-state index contributed by atoms with van der Waals surface area (Å²) >= 11 is 0. The lowest BCUT2D eigenvalue weighted by Crippen LogP contribution is -2.40. The average molecular weight is 431 g/mol. The first-order chi connectivity index (χ1) is 15.1. The molecule has 1 saturated carbocycles. The number of carbonyl (C=O) groups excluding carboxylic acids is 1. The van der Waals surface area contributed by atoms with Gasteiger partial charge in [0.1, 0.15) is 10.7 Å². The van der Waals surface area contributed by atoms with Crippen molar-refractivity contribution in [1.82, 2.24) is 0 Å². The molecule has 2 atom stereocenters. The molecule has 1 aliphatic heterocycles. The third kappa shape index (κ3) is 3.47. The summed E-state index contributed by atoms with van der Waals surface area (Å²) in [5.74, 6) is 0.348. The number of benzene rings is 3. The normalized spacial score (nSPS) is 20.2. The molecule has 0 radical (unpaired) electrons. The first kappa shape index (κ1) is 19.7. The Morgan fingerprint density at radius 3 is 2.19 bits per heavy atom. The van der Waals surface area contributed by atoms with E-state index in [1.807, 2.05) is 71.6 Å². The third-order valence-corrected chi connectivity index (χ3v) is 7.35. The lowest BCUT2D eigenvalue weighted by atomic mass is 9.88. The smallest absolute Gasteiger partial charge is 0.285 e. The Labute approximate surface area is 182 Å². The standard InChI is InChI=1S/C25H22N2O3S/c28-22-16-9-15-20(22)24(18-10-3-1-4-11-18)27(19-12-5-2-6-13-19)25-21-14-7-8-17-23(21)31(29,30)26-25/h1-8,10-14,17,20,24H,9,15-16H2/t20-,24-/m0/s1. The van der Waals surface area contributed by atoms with Crippen LogP contribution in [0, 0.1) is 5.92 Å². The van der Waals surface area contributed by atoms with Crippen molar-refractivity contribution in [3.8, 4) is 0 Å². The first-order valence-electron chi connectivity index (χ1n) is 10.4. The SMILES string of the molecule is O=C1CCC[C@@H]1[C@H](c1ccccc1)N(C1=NS(=O)(=O)c2ccccc21)c1ccccc1. The lowest BCUT2D eigenvalue weighted by Gasteiger charge is -2.37. The van der Waals surface area contributed by atoms with E-state index in [0.29, 0.717) is 17.8 Å². The van der Waals surface area contributed by atoms with Gasteiger partial charge in [-0.1, -0.05) is 60.7 Å². The largest absolute Gasteiger partial charge is 0.317 e. The molecule has 1 fully saturated rings. The van der Waals surface area contributed by atoms with Gasteiger partial charge in [0.25, 0.3) is 10.0 Å². The molecule has 1 heterocycles. The number of hydrogen-bond acceptors (Lipinski definition) is 4. The fourth-order valence-electron chi connectivity index (χ4n) is 4.65. The van der Waals surface area contributed by atoms with Crippen LogP contribution in [-0.4, -0.2) is 20.0 Å². The van der Waals surface area contributed by atoms with E-state index in [1.54, 1.807) is 18.2 Å². The summed E-state index contributed by atoms with van der Waals surface area (Å²) in [5, 5.41) is 0. The first-order valence-corrected chi connectivity index (χ1v) is 11.9. The van der Waals surface area contributed by atoms with Crippen LogP contribution in [0.25, 0.3) is 0 Å². The predicted molar refractivity (Wildman–Crippen MR) is 121 cm³/mol. The highest BCUT2D eigenvalue weighted by molar-refractivity contribution is 7.90. The average Bonchev–Trinajstić information content (AvgIpc) is 3.33. The van der Waals surface area contributed by atoms with Crippen molar-refractivity contribution in [3.05, 3.63) is 96.1 Å². The van der Waals surface area contributed by atoms with Crippen LogP contribution in [0.2, 0.25) is 0 Å². The Kier molecular flexibility index (Phi) is 4.94. The van der Waals surface area contributed by atoms with E-state index < -0.39 is 10.0 Å². The van der Waals surface area contributed by atoms with E-state index >= 15 is 0 Å². The summed E-state index contributed by atoms with van der Waals surface area (Å²) < 4.78 is 29.9. The molecule has 0 bridgehead atoms. The zero-order chi connectivity index (χ0) is 21.4. The van der Waals surface area contributed by atoms with Gasteiger partial charge in [0, 0.05) is 23.6 Å². The number of amidine groups is 1. The van der Waals surface area contributed by atoms with Crippen LogP contribution in [0.4, 0.5) is 5.69 Å². The lowest BCUT2D eigenvalue weighted by molar-refractivity contribution is -0.121. The van der Waals surface area contributed by atoms with E-state index in [-0.39, 0.29) is 22.6 Å². The quantitative estimate of drug-likeness (QED) is 0.599. The van der Waals surface area contributed by atoms with Gasteiger partial charge in [-0.2, -0.15) is 8.42 Å². The molecular formula is C25H22N2O3S. The highest BCUT2D eigenvalue weighted by Gasteiger charge is 2.42. The van der Waals surface area contributed by atoms with Gasteiger partial charge in [-0.3, -0.25) is 4.79 Å². The third-order valence-electron chi connectivity index (χ3n) is 6.03. The molecule has 6 heteroatoms. The van der Waals surface area contributed by atoms with E-state index in [0.717, 1.165) is 24.1 Å². The van der Waals surface area contributed by atoms with E-state index in [9.17, 15) is 13.2 Å². The molecule has 2 aliphatic rings. The van der Waals surface area contributed by atoms with Crippen LogP contribution in [0.15, 0.2) is 94.2 Å². The number of para-hydroxylation sites is 1. The Morgan fingerprint density at radius 1 is 0.871 bits per heavy atom. The second-order valence-electron chi connectivity index (χ2n) is 7.91.